The quantitative estimate of drug-likeness (QED) is 0.363. The maximum atomic E-state index is 13.0. The molecule has 3 heterocycles. The number of carbonyl (C=O) groups excluding carboxylic acids is 1. The van der Waals surface area contributed by atoms with E-state index >= 15 is 0 Å². The van der Waals surface area contributed by atoms with E-state index < -0.39 is 5.54 Å². The van der Waals surface area contributed by atoms with Crippen LogP contribution in [0.4, 0.5) is 0 Å². The van der Waals surface area contributed by atoms with Gasteiger partial charge in [0.15, 0.2) is 11.5 Å². The fraction of sp³-hybridized carbons (Fsp3) is 0.280. The molecule has 0 bridgehead atoms. The molecule has 0 aliphatic rings. The smallest absolute Gasteiger partial charge is 0.267 e. The third kappa shape index (κ3) is 5.28. The first-order valence-electron chi connectivity index (χ1n) is 10.9. The Hall–Kier alpha value is -3.50. The molecule has 0 saturated heterocycles. The van der Waals surface area contributed by atoms with E-state index in [0.29, 0.717) is 30.2 Å². The number of aromatic nitrogens is 3. The number of hydrogen-bond acceptors (Lipinski definition) is 8. The van der Waals surface area contributed by atoms with E-state index in [1.165, 1.54) is 33.4 Å². The van der Waals surface area contributed by atoms with Gasteiger partial charge in [-0.05, 0) is 49.6 Å². The molecule has 10 heteroatoms. The zero-order valence-electron chi connectivity index (χ0n) is 19.9. The number of ether oxygens (including phenoxy) is 2. The van der Waals surface area contributed by atoms with Gasteiger partial charge in [0.1, 0.15) is 16.2 Å². The van der Waals surface area contributed by atoms with Crippen LogP contribution in [0.5, 0.6) is 11.5 Å². The standard InChI is InChI=1S/C25H26N4O4S2/c1-25(2,29-22(30)10-8-18(28-29)21-6-5-13-34-21)24(31)26-12-11-17-15-35-23(27-17)16-7-9-19(32-3)20(14-16)33-4/h5-10,13-15H,11-12H2,1-4H3,(H,26,31). The van der Waals surface area contributed by atoms with Crippen molar-refractivity contribution in [3.8, 4) is 32.6 Å². The molecule has 182 valence electrons. The number of amides is 1. The molecule has 8 nitrogen and oxygen atoms in total. The normalized spacial score (nSPS) is 11.3. The van der Waals surface area contributed by atoms with Gasteiger partial charge in [-0.15, -0.1) is 22.7 Å². The number of nitrogens with zero attached hydrogens (tertiary/aromatic N) is 3. The second-order valence-corrected chi connectivity index (χ2v) is 10.0. The molecule has 1 aromatic carbocycles. The second-order valence-electron chi connectivity index (χ2n) is 8.22. The maximum Gasteiger partial charge on any atom is 0.267 e. The summed E-state index contributed by atoms with van der Waals surface area (Å²) in [5.74, 6) is 1.02. The summed E-state index contributed by atoms with van der Waals surface area (Å²) < 4.78 is 11.9. The van der Waals surface area contributed by atoms with Crippen molar-refractivity contribution in [1.29, 1.82) is 0 Å². The Bertz CT molecular complexity index is 1380. The van der Waals surface area contributed by atoms with Crippen LogP contribution in [-0.4, -0.2) is 41.4 Å². The lowest BCUT2D eigenvalue weighted by Gasteiger charge is -2.25. The zero-order chi connectivity index (χ0) is 25.0. The van der Waals surface area contributed by atoms with Crippen LogP contribution < -0.4 is 20.3 Å². The second kappa shape index (κ2) is 10.4. The third-order valence-electron chi connectivity index (χ3n) is 5.51. The highest BCUT2D eigenvalue weighted by molar-refractivity contribution is 7.13. The van der Waals surface area contributed by atoms with E-state index in [0.717, 1.165) is 21.1 Å². The first-order valence-corrected chi connectivity index (χ1v) is 12.7. The van der Waals surface area contributed by atoms with E-state index in [1.54, 1.807) is 34.1 Å². The minimum absolute atomic E-state index is 0.286. The minimum atomic E-state index is -1.16. The van der Waals surface area contributed by atoms with Gasteiger partial charge in [-0.1, -0.05) is 6.07 Å². The number of thiophene rings is 1. The molecule has 4 aromatic rings. The molecule has 3 aromatic heterocycles. The lowest BCUT2D eigenvalue weighted by Crippen LogP contribution is -2.50. The zero-order valence-corrected chi connectivity index (χ0v) is 21.5. The van der Waals surface area contributed by atoms with Gasteiger partial charge in [-0.3, -0.25) is 9.59 Å². The predicted molar refractivity (Wildman–Crippen MR) is 138 cm³/mol. The Morgan fingerprint density at radius 3 is 2.60 bits per heavy atom. The summed E-state index contributed by atoms with van der Waals surface area (Å²) >= 11 is 3.05. The summed E-state index contributed by atoms with van der Waals surface area (Å²) in [5.41, 5.74) is 0.972. The predicted octanol–water partition coefficient (Wildman–Crippen LogP) is 4.21. The van der Waals surface area contributed by atoms with Crippen LogP contribution in [0.2, 0.25) is 0 Å². The van der Waals surface area contributed by atoms with Crippen LogP contribution in [0.1, 0.15) is 19.5 Å². The van der Waals surface area contributed by atoms with Crippen molar-refractivity contribution in [2.75, 3.05) is 20.8 Å². The average Bonchev–Trinajstić information content (AvgIpc) is 3.56. The van der Waals surface area contributed by atoms with Crippen molar-refractivity contribution in [3.63, 3.8) is 0 Å². The topological polar surface area (TPSA) is 95.3 Å². The van der Waals surface area contributed by atoms with Crippen LogP contribution >= 0.6 is 22.7 Å². The molecular formula is C25H26N4O4S2. The maximum absolute atomic E-state index is 13.0. The van der Waals surface area contributed by atoms with Crippen molar-refractivity contribution in [2.45, 2.75) is 25.8 Å². The van der Waals surface area contributed by atoms with Crippen molar-refractivity contribution in [1.82, 2.24) is 20.1 Å². The van der Waals surface area contributed by atoms with Gasteiger partial charge < -0.3 is 14.8 Å². The van der Waals surface area contributed by atoms with Gasteiger partial charge in [-0.25, -0.2) is 9.67 Å². The summed E-state index contributed by atoms with van der Waals surface area (Å²) in [7, 11) is 3.20. The Labute approximate surface area is 211 Å². The molecule has 0 spiro atoms. The molecule has 0 aliphatic carbocycles. The minimum Gasteiger partial charge on any atom is -0.493 e. The number of thiazole rings is 1. The van der Waals surface area contributed by atoms with Crippen molar-refractivity contribution in [2.24, 2.45) is 0 Å². The molecule has 0 aliphatic heterocycles. The molecule has 0 radical (unpaired) electrons. The number of nitrogens with one attached hydrogen (secondary N) is 1. The van der Waals surface area contributed by atoms with Crippen LogP contribution in [0, 0.1) is 0 Å². The molecule has 0 atom stereocenters. The molecule has 0 unspecified atom stereocenters. The van der Waals surface area contributed by atoms with Crippen LogP contribution in [0.3, 0.4) is 0 Å². The monoisotopic (exact) mass is 510 g/mol. The van der Waals surface area contributed by atoms with Gasteiger partial charge in [0.2, 0.25) is 5.91 Å². The highest BCUT2D eigenvalue weighted by Gasteiger charge is 2.32. The highest BCUT2D eigenvalue weighted by atomic mass is 32.1. The largest absolute Gasteiger partial charge is 0.493 e. The summed E-state index contributed by atoms with van der Waals surface area (Å²) in [6, 6.07) is 12.6. The number of hydrogen-bond donors (Lipinski definition) is 1. The summed E-state index contributed by atoms with van der Waals surface area (Å²) in [6.07, 6.45) is 0.559. The summed E-state index contributed by atoms with van der Waals surface area (Å²) in [6.45, 7) is 3.76. The van der Waals surface area contributed by atoms with Gasteiger partial charge in [0.25, 0.3) is 5.56 Å². The van der Waals surface area contributed by atoms with E-state index in [1.807, 2.05) is 41.1 Å². The Morgan fingerprint density at radius 1 is 1.09 bits per heavy atom. The Kier molecular flexibility index (Phi) is 7.32. The first-order chi connectivity index (χ1) is 16.8. The summed E-state index contributed by atoms with van der Waals surface area (Å²) in [5, 5.41) is 12.2. The van der Waals surface area contributed by atoms with Crippen molar-refractivity contribution in [3.05, 3.63) is 69.3 Å². The van der Waals surface area contributed by atoms with E-state index in [4.69, 9.17) is 9.47 Å². The van der Waals surface area contributed by atoms with E-state index in [2.05, 4.69) is 15.4 Å². The molecule has 1 N–H and O–H groups in total. The fourth-order valence-electron chi connectivity index (χ4n) is 3.51. The van der Waals surface area contributed by atoms with Crippen LogP contribution in [0.25, 0.3) is 21.1 Å². The molecular weight excluding hydrogens is 484 g/mol. The average molecular weight is 511 g/mol. The van der Waals surface area contributed by atoms with Crippen LogP contribution in [0.15, 0.2) is 58.0 Å². The van der Waals surface area contributed by atoms with Gasteiger partial charge >= 0.3 is 0 Å². The van der Waals surface area contributed by atoms with E-state index in [9.17, 15) is 9.59 Å². The lowest BCUT2D eigenvalue weighted by atomic mass is 10.0. The number of carbonyl (C=O) groups is 1. The van der Waals surface area contributed by atoms with Crippen molar-refractivity contribution < 1.29 is 14.3 Å². The van der Waals surface area contributed by atoms with Gasteiger partial charge in [-0.2, -0.15) is 5.10 Å². The number of rotatable bonds is 9. The highest BCUT2D eigenvalue weighted by Crippen LogP contribution is 2.33. The van der Waals surface area contributed by atoms with Crippen LogP contribution in [-0.2, 0) is 16.8 Å². The van der Waals surface area contributed by atoms with Crippen molar-refractivity contribution >= 4 is 28.6 Å². The Morgan fingerprint density at radius 2 is 1.89 bits per heavy atom. The molecule has 35 heavy (non-hydrogen) atoms. The molecule has 1 amide bonds. The molecule has 0 saturated carbocycles. The fourth-order valence-corrected chi connectivity index (χ4v) is 5.05. The number of methoxy groups -OCH3 is 2. The SMILES string of the molecule is COc1ccc(-c2nc(CCNC(=O)C(C)(C)n3nc(-c4cccs4)ccc3=O)cs2)cc1OC. The number of benzene rings is 1. The van der Waals surface area contributed by atoms with Gasteiger partial charge in [0.05, 0.1) is 24.8 Å². The van der Waals surface area contributed by atoms with E-state index in [-0.39, 0.29) is 11.5 Å². The lowest BCUT2D eigenvalue weighted by molar-refractivity contribution is -0.128. The summed E-state index contributed by atoms with van der Waals surface area (Å²) in [4.78, 5) is 31.1. The first kappa shape index (κ1) is 24.6. The molecule has 4 rings (SSSR count). The third-order valence-corrected chi connectivity index (χ3v) is 7.34. The molecule has 0 fully saturated rings. The van der Waals surface area contributed by atoms with Gasteiger partial charge in [0, 0.05) is 30.0 Å². The Balaban J connectivity index is 1.41.